The molecule has 1 saturated carbocycles. The zero-order valence-corrected chi connectivity index (χ0v) is 12.1. The molecule has 0 radical (unpaired) electrons. The Hall–Kier alpha value is -0.620. The van der Waals surface area contributed by atoms with Gasteiger partial charge >= 0.3 is 0 Å². The molecule has 0 unspecified atom stereocenters. The maximum atomic E-state index is 11.9. The largest absolute Gasteiger partial charge is 0.386 e. The van der Waals surface area contributed by atoms with Crippen LogP contribution in [0.5, 0.6) is 0 Å². The zero-order chi connectivity index (χ0) is 13.8. The van der Waals surface area contributed by atoms with Gasteiger partial charge in [0.1, 0.15) is 5.84 Å². The fourth-order valence-corrected chi connectivity index (χ4v) is 4.17. The van der Waals surface area contributed by atoms with Gasteiger partial charge in [0.15, 0.2) is 0 Å². The maximum absolute atomic E-state index is 11.9. The average Bonchev–Trinajstić information content (AvgIpc) is 2.29. The molecule has 1 fully saturated rings. The van der Waals surface area contributed by atoms with E-state index in [-0.39, 0.29) is 11.6 Å². The van der Waals surface area contributed by atoms with Crippen LogP contribution in [0.2, 0.25) is 0 Å². The third-order valence-corrected chi connectivity index (χ3v) is 5.52. The molecule has 1 rings (SSSR count). The first-order valence-electron chi connectivity index (χ1n) is 6.71. The van der Waals surface area contributed by atoms with Crippen LogP contribution >= 0.6 is 0 Å². The van der Waals surface area contributed by atoms with E-state index in [0.717, 1.165) is 19.3 Å². The van der Waals surface area contributed by atoms with E-state index in [2.05, 4.69) is 11.6 Å². The Morgan fingerprint density at radius 2 is 1.94 bits per heavy atom. The van der Waals surface area contributed by atoms with E-state index in [0.29, 0.717) is 25.2 Å². The number of amidine groups is 1. The predicted octanol–water partition coefficient (Wildman–Crippen LogP) is 1.59. The Balaban J connectivity index is 2.81. The summed E-state index contributed by atoms with van der Waals surface area (Å²) in [7, 11) is -3.33. The molecule has 0 bridgehead atoms. The van der Waals surface area contributed by atoms with Crippen LogP contribution in [0.25, 0.3) is 0 Å². The quantitative estimate of drug-likeness (QED) is 0.507. The van der Waals surface area contributed by atoms with Crippen molar-refractivity contribution in [3.63, 3.8) is 0 Å². The second-order valence-electron chi connectivity index (χ2n) is 5.27. The van der Waals surface area contributed by atoms with Gasteiger partial charge in [-0.1, -0.05) is 20.3 Å². The first kappa shape index (κ1) is 15.4. The van der Waals surface area contributed by atoms with Crippen LogP contribution in [-0.2, 0) is 10.0 Å². The standard InChI is InChI=1S/C12H25N3O2S/c1-3-9-18(16,17)15-12(11(13)14)7-5-10(4-2)6-8-12/h10,15H,3-9H2,1-2H3,(H3,13,14). The van der Waals surface area contributed by atoms with Crippen molar-refractivity contribution >= 4 is 15.9 Å². The number of hydrogen-bond acceptors (Lipinski definition) is 3. The van der Waals surface area contributed by atoms with Gasteiger partial charge in [-0.25, -0.2) is 13.1 Å². The Morgan fingerprint density at radius 3 is 2.33 bits per heavy atom. The van der Waals surface area contributed by atoms with Gasteiger partial charge in [-0.05, 0) is 38.0 Å². The summed E-state index contributed by atoms with van der Waals surface area (Å²) in [5.74, 6) is 0.684. The van der Waals surface area contributed by atoms with E-state index in [9.17, 15) is 8.42 Å². The normalized spacial score (nSPS) is 29.1. The third-order valence-electron chi connectivity index (χ3n) is 3.88. The van der Waals surface area contributed by atoms with E-state index in [1.807, 2.05) is 6.92 Å². The zero-order valence-electron chi connectivity index (χ0n) is 11.3. The molecule has 0 aromatic rings. The van der Waals surface area contributed by atoms with Gasteiger partial charge in [-0.15, -0.1) is 0 Å². The number of nitrogens with one attached hydrogen (secondary N) is 2. The van der Waals surface area contributed by atoms with E-state index in [1.54, 1.807) is 0 Å². The summed E-state index contributed by atoms with van der Waals surface area (Å²) in [6.07, 6.45) is 4.83. The van der Waals surface area contributed by atoms with Gasteiger partial charge in [-0.3, -0.25) is 5.41 Å². The molecule has 0 aromatic heterocycles. The van der Waals surface area contributed by atoms with Crippen molar-refractivity contribution in [3.05, 3.63) is 0 Å². The fraction of sp³-hybridized carbons (Fsp3) is 0.917. The molecule has 0 spiro atoms. The van der Waals surface area contributed by atoms with Crippen molar-refractivity contribution in [1.82, 2.24) is 4.72 Å². The SMILES string of the molecule is CCCS(=O)(=O)NC1(C(=N)N)CCC(CC)CC1. The Labute approximate surface area is 110 Å². The monoisotopic (exact) mass is 275 g/mol. The van der Waals surface area contributed by atoms with Crippen LogP contribution in [0.3, 0.4) is 0 Å². The topological polar surface area (TPSA) is 96.0 Å². The van der Waals surface area contributed by atoms with Gasteiger partial charge in [0, 0.05) is 0 Å². The second-order valence-corrected chi connectivity index (χ2v) is 7.11. The van der Waals surface area contributed by atoms with Gasteiger partial charge in [-0.2, -0.15) is 0 Å². The lowest BCUT2D eigenvalue weighted by atomic mass is 9.75. The molecule has 0 heterocycles. The van der Waals surface area contributed by atoms with Crippen LogP contribution in [-0.4, -0.2) is 25.5 Å². The van der Waals surface area contributed by atoms with Crippen LogP contribution in [0.1, 0.15) is 52.4 Å². The minimum absolute atomic E-state index is 0.0447. The van der Waals surface area contributed by atoms with Crippen molar-refractivity contribution in [3.8, 4) is 0 Å². The molecular weight excluding hydrogens is 250 g/mol. The highest BCUT2D eigenvalue weighted by molar-refractivity contribution is 7.89. The van der Waals surface area contributed by atoms with Gasteiger partial charge in [0.2, 0.25) is 10.0 Å². The molecule has 0 aliphatic heterocycles. The number of rotatable bonds is 6. The first-order chi connectivity index (χ1) is 8.35. The fourth-order valence-electron chi connectivity index (χ4n) is 2.62. The lowest BCUT2D eigenvalue weighted by molar-refractivity contribution is 0.266. The summed E-state index contributed by atoms with van der Waals surface area (Å²) in [5, 5.41) is 7.72. The molecule has 106 valence electrons. The Kier molecular flexibility index (Phi) is 5.16. The van der Waals surface area contributed by atoms with E-state index in [1.165, 1.54) is 0 Å². The lowest BCUT2D eigenvalue weighted by Gasteiger charge is -2.39. The molecular formula is C12H25N3O2S. The van der Waals surface area contributed by atoms with Crippen molar-refractivity contribution < 1.29 is 8.42 Å². The first-order valence-corrected chi connectivity index (χ1v) is 8.36. The van der Waals surface area contributed by atoms with Crippen LogP contribution in [0.4, 0.5) is 0 Å². The number of nitrogens with two attached hydrogens (primary N) is 1. The van der Waals surface area contributed by atoms with Crippen molar-refractivity contribution in [2.45, 2.75) is 57.9 Å². The molecule has 1 aliphatic rings. The predicted molar refractivity (Wildman–Crippen MR) is 74.1 cm³/mol. The highest BCUT2D eigenvalue weighted by atomic mass is 32.2. The molecule has 1 aliphatic carbocycles. The summed E-state index contributed by atoms with van der Waals surface area (Å²) >= 11 is 0. The maximum Gasteiger partial charge on any atom is 0.212 e. The molecule has 0 atom stereocenters. The number of hydrogen-bond donors (Lipinski definition) is 3. The molecule has 6 heteroatoms. The second kappa shape index (κ2) is 6.02. The van der Waals surface area contributed by atoms with Gasteiger partial charge in [0.05, 0.1) is 11.3 Å². The van der Waals surface area contributed by atoms with Crippen molar-refractivity contribution in [2.75, 3.05) is 5.75 Å². The van der Waals surface area contributed by atoms with Crippen molar-refractivity contribution in [1.29, 1.82) is 5.41 Å². The van der Waals surface area contributed by atoms with Crippen LogP contribution < -0.4 is 10.5 Å². The highest BCUT2D eigenvalue weighted by Crippen LogP contribution is 2.34. The van der Waals surface area contributed by atoms with E-state index in [4.69, 9.17) is 11.1 Å². The molecule has 5 nitrogen and oxygen atoms in total. The van der Waals surface area contributed by atoms with Crippen LogP contribution in [0.15, 0.2) is 0 Å². The van der Waals surface area contributed by atoms with Gasteiger partial charge < -0.3 is 5.73 Å². The summed E-state index contributed by atoms with van der Waals surface area (Å²) in [4.78, 5) is 0. The lowest BCUT2D eigenvalue weighted by Crippen LogP contribution is -2.59. The molecule has 18 heavy (non-hydrogen) atoms. The average molecular weight is 275 g/mol. The van der Waals surface area contributed by atoms with Crippen LogP contribution in [0, 0.1) is 11.3 Å². The van der Waals surface area contributed by atoms with Crippen molar-refractivity contribution in [2.24, 2.45) is 11.7 Å². The Morgan fingerprint density at radius 1 is 1.39 bits per heavy atom. The molecule has 0 amide bonds. The van der Waals surface area contributed by atoms with E-state index >= 15 is 0 Å². The smallest absolute Gasteiger partial charge is 0.212 e. The Bertz CT molecular complexity index is 384. The highest BCUT2D eigenvalue weighted by Gasteiger charge is 2.40. The molecule has 0 saturated heterocycles. The third kappa shape index (κ3) is 3.68. The number of sulfonamides is 1. The summed E-state index contributed by atoms with van der Waals surface area (Å²) in [6, 6.07) is 0. The minimum atomic E-state index is -3.33. The van der Waals surface area contributed by atoms with E-state index < -0.39 is 15.6 Å². The van der Waals surface area contributed by atoms with Gasteiger partial charge in [0.25, 0.3) is 0 Å². The summed E-state index contributed by atoms with van der Waals surface area (Å²) in [5.41, 5.74) is 4.82. The molecule has 4 N–H and O–H groups in total. The summed E-state index contributed by atoms with van der Waals surface area (Å²) in [6.45, 7) is 3.97. The molecule has 0 aromatic carbocycles. The summed E-state index contributed by atoms with van der Waals surface area (Å²) < 4.78 is 26.5. The minimum Gasteiger partial charge on any atom is -0.386 e.